The lowest BCUT2D eigenvalue weighted by molar-refractivity contribution is -0.137. The van der Waals surface area contributed by atoms with Gasteiger partial charge in [0.25, 0.3) is 5.91 Å². The molecule has 0 aliphatic rings. The fourth-order valence-electron chi connectivity index (χ4n) is 1.87. The second-order valence-corrected chi connectivity index (χ2v) is 5.39. The van der Waals surface area contributed by atoms with E-state index >= 15 is 0 Å². The van der Waals surface area contributed by atoms with Gasteiger partial charge in [-0.25, -0.2) is 0 Å². The minimum Gasteiger partial charge on any atom is -0.484 e. The van der Waals surface area contributed by atoms with Crippen LogP contribution >= 0.6 is 11.6 Å². The molecule has 5 nitrogen and oxygen atoms in total. The molecule has 21 heavy (non-hydrogen) atoms. The van der Waals surface area contributed by atoms with Crippen LogP contribution in [0.3, 0.4) is 0 Å². The molecule has 1 atom stereocenters. The zero-order valence-corrected chi connectivity index (χ0v) is 12.9. The highest BCUT2D eigenvalue weighted by Gasteiger charge is 2.09. The SMILES string of the molecule is Cc1cc(Cl)ccc1OCC(=O)NC(C)CCCC(=O)O. The van der Waals surface area contributed by atoms with E-state index in [1.165, 1.54) is 0 Å². The van der Waals surface area contributed by atoms with E-state index in [4.69, 9.17) is 21.4 Å². The van der Waals surface area contributed by atoms with Crippen LogP contribution in [-0.4, -0.2) is 29.6 Å². The van der Waals surface area contributed by atoms with Crippen molar-refractivity contribution in [1.29, 1.82) is 0 Å². The molecule has 116 valence electrons. The van der Waals surface area contributed by atoms with Gasteiger partial charge in [-0.2, -0.15) is 0 Å². The van der Waals surface area contributed by atoms with E-state index in [9.17, 15) is 9.59 Å². The van der Waals surface area contributed by atoms with Crippen molar-refractivity contribution < 1.29 is 19.4 Å². The summed E-state index contributed by atoms with van der Waals surface area (Å²) in [5.41, 5.74) is 0.866. The molecule has 6 heteroatoms. The van der Waals surface area contributed by atoms with Crippen molar-refractivity contribution in [3.8, 4) is 5.75 Å². The summed E-state index contributed by atoms with van der Waals surface area (Å²) in [6.07, 6.45) is 1.27. The summed E-state index contributed by atoms with van der Waals surface area (Å²) in [4.78, 5) is 22.1. The molecule has 0 aliphatic carbocycles. The van der Waals surface area contributed by atoms with Crippen LogP contribution in [0.15, 0.2) is 18.2 Å². The number of aryl methyl sites for hydroxylation is 1. The van der Waals surface area contributed by atoms with Crippen LogP contribution < -0.4 is 10.1 Å². The van der Waals surface area contributed by atoms with Gasteiger partial charge < -0.3 is 15.2 Å². The second kappa shape index (κ2) is 8.52. The van der Waals surface area contributed by atoms with Gasteiger partial charge >= 0.3 is 5.97 Å². The monoisotopic (exact) mass is 313 g/mol. The smallest absolute Gasteiger partial charge is 0.303 e. The summed E-state index contributed by atoms with van der Waals surface area (Å²) < 4.78 is 5.43. The molecule has 0 radical (unpaired) electrons. The van der Waals surface area contributed by atoms with Crippen LogP contribution in [0, 0.1) is 6.92 Å². The molecule has 0 saturated carbocycles. The molecule has 1 aromatic rings. The third kappa shape index (κ3) is 6.99. The fraction of sp³-hybridized carbons (Fsp3) is 0.467. The molecule has 1 aromatic carbocycles. The molecule has 0 spiro atoms. The molecule has 0 heterocycles. The Labute approximate surface area is 129 Å². The Balaban J connectivity index is 2.31. The molecular formula is C15H20ClNO4. The minimum atomic E-state index is -0.824. The first-order chi connectivity index (χ1) is 9.88. The number of hydrogen-bond donors (Lipinski definition) is 2. The quantitative estimate of drug-likeness (QED) is 0.774. The maximum absolute atomic E-state index is 11.7. The largest absolute Gasteiger partial charge is 0.484 e. The normalized spacial score (nSPS) is 11.8. The number of amides is 1. The molecule has 0 fully saturated rings. The second-order valence-electron chi connectivity index (χ2n) is 4.95. The molecule has 2 N–H and O–H groups in total. The van der Waals surface area contributed by atoms with Crippen LogP contribution in [0.1, 0.15) is 31.7 Å². The highest BCUT2D eigenvalue weighted by molar-refractivity contribution is 6.30. The van der Waals surface area contributed by atoms with E-state index in [2.05, 4.69) is 5.32 Å². The molecule has 0 aliphatic heterocycles. The summed E-state index contributed by atoms with van der Waals surface area (Å²) in [6.45, 7) is 3.62. The number of benzene rings is 1. The Hall–Kier alpha value is -1.75. The summed E-state index contributed by atoms with van der Waals surface area (Å²) in [5, 5.41) is 11.9. The van der Waals surface area contributed by atoms with Gasteiger partial charge in [0.2, 0.25) is 0 Å². The molecular weight excluding hydrogens is 294 g/mol. The van der Waals surface area contributed by atoms with E-state index in [1.54, 1.807) is 18.2 Å². The predicted molar refractivity (Wildman–Crippen MR) is 80.8 cm³/mol. The maximum atomic E-state index is 11.7. The molecule has 1 unspecified atom stereocenters. The van der Waals surface area contributed by atoms with Gasteiger partial charge in [0.1, 0.15) is 5.75 Å². The number of carboxylic acids is 1. The number of carboxylic acid groups (broad SMARTS) is 1. The van der Waals surface area contributed by atoms with E-state index < -0.39 is 5.97 Å². The van der Waals surface area contributed by atoms with Gasteiger partial charge in [-0.3, -0.25) is 9.59 Å². The lowest BCUT2D eigenvalue weighted by Crippen LogP contribution is -2.36. The third-order valence-corrected chi connectivity index (χ3v) is 3.17. The number of halogens is 1. The van der Waals surface area contributed by atoms with E-state index in [1.807, 2.05) is 13.8 Å². The Kier molecular flexibility index (Phi) is 7.02. The van der Waals surface area contributed by atoms with Gasteiger partial charge in [-0.15, -0.1) is 0 Å². The minimum absolute atomic E-state index is 0.0771. The maximum Gasteiger partial charge on any atom is 0.303 e. The van der Waals surface area contributed by atoms with Crippen molar-refractivity contribution in [3.05, 3.63) is 28.8 Å². The Bertz CT molecular complexity index is 504. The van der Waals surface area contributed by atoms with Crippen molar-refractivity contribution in [3.63, 3.8) is 0 Å². The fourth-order valence-corrected chi connectivity index (χ4v) is 2.09. The standard InChI is InChI=1S/C15H20ClNO4/c1-10-8-12(16)6-7-13(10)21-9-14(18)17-11(2)4-3-5-15(19)20/h6-8,11H,3-5,9H2,1-2H3,(H,17,18)(H,19,20). The van der Waals surface area contributed by atoms with Crippen molar-refractivity contribution in [1.82, 2.24) is 5.32 Å². The third-order valence-electron chi connectivity index (χ3n) is 2.93. The van der Waals surface area contributed by atoms with Crippen molar-refractivity contribution in [2.24, 2.45) is 0 Å². The van der Waals surface area contributed by atoms with Crippen LogP contribution in [0.25, 0.3) is 0 Å². The van der Waals surface area contributed by atoms with Crippen LogP contribution in [0.4, 0.5) is 0 Å². The summed E-state index contributed by atoms with van der Waals surface area (Å²) in [7, 11) is 0. The van der Waals surface area contributed by atoms with Crippen molar-refractivity contribution in [2.75, 3.05) is 6.61 Å². The number of carbonyl (C=O) groups is 2. The van der Waals surface area contributed by atoms with Gasteiger partial charge in [0, 0.05) is 17.5 Å². The number of aliphatic carboxylic acids is 1. The first-order valence-electron chi connectivity index (χ1n) is 6.78. The zero-order chi connectivity index (χ0) is 15.8. The summed E-state index contributed by atoms with van der Waals surface area (Å²) >= 11 is 5.84. The Morgan fingerprint density at radius 3 is 2.76 bits per heavy atom. The number of carbonyl (C=O) groups excluding carboxylic acids is 1. The summed E-state index contributed by atoms with van der Waals surface area (Å²) in [5.74, 6) is -0.435. The van der Waals surface area contributed by atoms with Crippen molar-refractivity contribution >= 4 is 23.5 Å². The number of ether oxygens (including phenoxy) is 1. The number of rotatable bonds is 8. The lowest BCUT2D eigenvalue weighted by Gasteiger charge is -2.14. The first kappa shape index (κ1) is 17.3. The average molecular weight is 314 g/mol. The number of hydrogen-bond acceptors (Lipinski definition) is 3. The molecule has 1 rings (SSSR count). The van der Waals surface area contributed by atoms with Gasteiger partial charge in [-0.1, -0.05) is 11.6 Å². The number of nitrogens with one attached hydrogen (secondary N) is 1. The van der Waals surface area contributed by atoms with Crippen molar-refractivity contribution in [2.45, 2.75) is 39.2 Å². The molecule has 0 bridgehead atoms. The van der Waals surface area contributed by atoms with Gasteiger partial charge in [0.15, 0.2) is 6.61 Å². The molecule has 0 aromatic heterocycles. The van der Waals surface area contributed by atoms with Crippen LogP contribution in [0.2, 0.25) is 5.02 Å². The van der Waals surface area contributed by atoms with E-state index in [0.29, 0.717) is 23.6 Å². The lowest BCUT2D eigenvalue weighted by atomic mass is 10.1. The molecule has 0 saturated heterocycles. The zero-order valence-electron chi connectivity index (χ0n) is 12.2. The highest BCUT2D eigenvalue weighted by atomic mass is 35.5. The Morgan fingerprint density at radius 1 is 1.43 bits per heavy atom. The predicted octanol–water partition coefficient (Wildman–Crippen LogP) is 2.79. The average Bonchev–Trinajstić information content (AvgIpc) is 2.37. The van der Waals surface area contributed by atoms with Crippen LogP contribution in [-0.2, 0) is 9.59 Å². The molecule has 1 amide bonds. The van der Waals surface area contributed by atoms with Gasteiger partial charge in [-0.05, 0) is 50.5 Å². The topological polar surface area (TPSA) is 75.6 Å². The van der Waals surface area contributed by atoms with E-state index in [-0.39, 0.29) is 25.0 Å². The Morgan fingerprint density at radius 2 is 2.14 bits per heavy atom. The first-order valence-corrected chi connectivity index (χ1v) is 7.16. The highest BCUT2D eigenvalue weighted by Crippen LogP contribution is 2.21. The van der Waals surface area contributed by atoms with Crippen LogP contribution in [0.5, 0.6) is 5.75 Å². The van der Waals surface area contributed by atoms with Gasteiger partial charge in [0.05, 0.1) is 0 Å². The van der Waals surface area contributed by atoms with E-state index in [0.717, 1.165) is 5.56 Å². The summed E-state index contributed by atoms with van der Waals surface area (Å²) in [6, 6.07) is 5.12.